The van der Waals surface area contributed by atoms with Gasteiger partial charge in [0.15, 0.2) is 11.5 Å². The lowest BCUT2D eigenvalue weighted by Gasteiger charge is -2.32. The Kier molecular flexibility index (Phi) is 5.44. The molecule has 1 aromatic carbocycles. The minimum atomic E-state index is 0.220. The first kappa shape index (κ1) is 15.6. The van der Waals surface area contributed by atoms with Crippen LogP contribution in [0.15, 0.2) is 18.2 Å². The molecule has 1 aromatic rings. The Balaban J connectivity index is 1.91. The number of amides is 1. The predicted molar refractivity (Wildman–Crippen MR) is 81.9 cm³/mol. The number of aryl methyl sites for hydroxylation is 1. The first-order chi connectivity index (χ1) is 10.1. The summed E-state index contributed by atoms with van der Waals surface area (Å²) >= 11 is 0. The van der Waals surface area contributed by atoms with Crippen LogP contribution in [-0.2, 0) is 11.2 Å². The van der Waals surface area contributed by atoms with Gasteiger partial charge in [0.2, 0.25) is 5.91 Å². The summed E-state index contributed by atoms with van der Waals surface area (Å²) in [6, 6.07) is 6.18. The Hall–Kier alpha value is -1.75. The normalized spacial score (nSPS) is 18.4. The molecule has 1 heterocycles. The monoisotopic (exact) mass is 292 g/mol. The summed E-state index contributed by atoms with van der Waals surface area (Å²) in [6.07, 6.45) is 1.25. The number of methoxy groups -OCH3 is 2. The van der Waals surface area contributed by atoms with Crippen LogP contribution >= 0.6 is 0 Å². The van der Waals surface area contributed by atoms with Gasteiger partial charge in [-0.15, -0.1) is 0 Å². The summed E-state index contributed by atoms with van der Waals surface area (Å²) in [5.74, 6) is 1.64. The van der Waals surface area contributed by atoms with Crippen LogP contribution in [0.1, 0.15) is 18.9 Å². The summed E-state index contributed by atoms with van der Waals surface area (Å²) in [4.78, 5) is 14.2. The third-order valence-electron chi connectivity index (χ3n) is 3.80. The highest BCUT2D eigenvalue weighted by atomic mass is 16.5. The molecule has 1 N–H and O–H groups in total. The zero-order chi connectivity index (χ0) is 15.2. The van der Waals surface area contributed by atoms with Crippen molar-refractivity contribution in [3.8, 4) is 11.5 Å². The number of rotatable bonds is 5. The van der Waals surface area contributed by atoms with Crippen LogP contribution in [0, 0.1) is 0 Å². The maximum absolute atomic E-state index is 12.2. The zero-order valence-electron chi connectivity index (χ0n) is 13.0. The number of nitrogens with one attached hydrogen (secondary N) is 1. The largest absolute Gasteiger partial charge is 0.493 e. The molecule has 116 valence electrons. The molecule has 5 nitrogen and oxygen atoms in total. The second-order valence-electron chi connectivity index (χ2n) is 5.38. The van der Waals surface area contributed by atoms with Crippen molar-refractivity contribution in [1.29, 1.82) is 0 Å². The Labute approximate surface area is 126 Å². The second-order valence-corrected chi connectivity index (χ2v) is 5.38. The van der Waals surface area contributed by atoms with Gasteiger partial charge in [-0.2, -0.15) is 0 Å². The highest BCUT2D eigenvalue weighted by Crippen LogP contribution is 2.28. The smallest absolute Gasteiger partial charge is 0.222 e. The van der Waals surface area contributed by atoms with E-state index >= 15 is 0 Å². The SMILES string of the molecule is COc1ccc(CCC(=O)N2CCNC(C)C2)cc1OC. The average molecular weight is 292 g/mol. The third-order valence-corrected chi connectivity index (χ3v) is 3.80. The summed E-state index contributed by atoms with van der Waals surface area (Å²) in [6.45, 7) is 4.58. The molecular weight excluding hydrogens is 268 g/mol. The van der Waals surface area contributed by atoms with E-state index in [0.29, 0.717) is 24.0 Å². The van der Waals surface area contributed by atoms with Gasteiger partial charge in [-0.25, -0.2) is 0 Å². The summed E-state index contributed by atoms with van der Waals surface area (Å²) < 4.78 is 10.5. The number of hydrogen-bond donors (Lipinski definition) is 1. The first-order valence-electron chi connectivity index (χ1n) is 7.36. The average Bonchev–Trinajstić information content (AvgIpc) is 2.52. The molecule has 1 saturated heterocycles. The number of nitrogens with zero attached hydrogens (tertiary/aromatic N) is 1. The predicted octanol–water partition coefficient (Wildman–Crippen LogP) is 1.46. The molecule has 0 radical (unpaired) electrons. The van der Waals surface area contributed by atoms with Gasteiger partial charge in [-0.05, 0) is 31.0 Å². The fourth-order valence-electron chi connectivity index (χ4n) is 2.60. The van der Waals surface area contributed by atoms with E-state index in [9.17, 15) is 4.79 Å². The molecule has 1 fully saturated rings. The Morgan fingerprint density at radius 1 is 1.33 bits per heavy atom. The number of benzene rings is 1. The van der Waals surface area contributed by atoms with E-state index in [1.54, 1.807) is 14.2 Å². The minimum Gasteiger partial charge on any atom is -0.493 e. The molecule has 1 aliphatic rings. The Morgan fingerprint density at radius 2 is 2.10 bits per heavy atom. The molecule has 1 aliphatic heterocycles. The molecule has 0 aromatic heterocycles. The molecule has 0 aliphatic carbocycles. The molecule has 0 spiro atoms. The minimum absolute atomic E-state index is 0.220. The van der Waals surface area contributed by atoms with E-state index in [0.717, 1.165) is 31.6 Å². The van der Waals surface area contributed by atoms with E-state index in [2.05, 4.69) is 12.2 Å². The van der Waals surface area contributed by atoms with E-state index in [4.69, 9.17) is 9.47 Å². The van der Waals surface area contributed by atoms with Gasteiger partial charge in [-0.3, -0.25) is 4.79 Å². The van der Waals surface area contributed by atoms with Crippen molar-refractivity contribution in [3.05, 3.63) is 23.8 Å². The molecule has 21 heavy (non-hydrogen) atoms. The van der Waals surface area contributed by atoms with Crippen molar-refractivity contribution in [1.82, 2.24) is 10.2 Å². The van der Waals surface area contributed by atoms with Crippen LogP contribution in [0.5, 0.6) is 11.5 Å². The highest BCUT2D eigenvalue weighted by Gasteiger charge is 2.20. The number of hydrogen-bond acceptors (Lipinski definition) is 4. The van der Waals surface area contributed by atoms with Gasteiger partial charge in [0.05, 0.1) is 14.2 Å². The molecule has 1 atom stereocenters. The molecule has 1 unspecified atom stereocenters. The van der Waals surface area contributed by atoms with Crippen molar-refractivity contribution in [2.75, 3.05) is 33.9 Å². The van der Waals surface area contributed by atoms with Crippen LogP contribution in [0.4, 0.5) is 0 Å². The van der Waals surface area contributed by atoms with Crippen molar-refractivity contribution in [3.63, 3.8) is 0 Å². The van der Waals surface area contributed by atoms with Crippen LogP contribution in [-0.4, -0.2) is 50.7 Å². The van der Waals surface area contributed by atoms with Crippen LogP contribution in [0.2, 0.25) is 0 Å². The lowest BCUT2D eigenvalue weighted by Crippen LogP contribution is -2.51. The number of carbonyl (C=O) groups excluding carboxylic acids is 1. The summed E-state index contributed by atoms with van der Waals surface area (Å²) in [5, 5.41) is 3.34. The van der Waals surface area contributed by atoms with E-state index < -0.39 is 0 Å². The highest BCUT2D eigenvalue weighted by molar-refractivity contribution is 5.76. The first-order valence-corrected chi connectivity index (χ1v) is 7.36. The fourth-order valence-corrected chi connectivity index (χ4v) is 2.60. The Bertz CT molecular complexity index is 490. The topological polar surface area (TPSA) is 50.8 Å². The van der Waals surface area contributed by atoms with E-state index in [1.807, 2.05) is 23.1 Å². The number of piperazine rings is 1. The van der Waals surface area contributed by atoms with Gasteiger partial charge >= 0.3 is 0 Å². The van der Waals surface area contributed by atoms with Gasteiger partial charge in [0.25, 0.3) is 0 Å². The summed E-state index contributed by atoms with van der Waals surface area (Å²) in [5.41, 5.74) is 1.09. The quantitative estimate of drug-likeness (QED) is 0.892. The molecule has 0 bridgehead atoms. The van der Waals surface area contributed by atoms with E-state index in [-0.39, 0.29) is 5.91 Å². The molecule has 2 rings (SSSR count). The van der Waals surface area contributed by atoms with Crippen LogP contribution in [0.3, 0.4) is 0 Å². The van der Waals surface area contributed by atoms with Crippen LogP contribution in [0.25, 0.3) is 0 Å². The van der Waals surface area contributed by atoms with Gasteiger partial charge in [0.1, 0.15) is 0 Å². The number of carbonyl (C=O) groups is 1. The lowest BCUT2D eigenvalue weighted by atomic mass is 10.1. The van der Waals surface area contributed by atoms with Gasteiger partial charge < -0.3 is 19.7 Å². The van der Waals surface area contributed by atoms with Crippen molar-refractivity contribution in [2.24, 2.45) is 0 Å². The van der Waals surface area contributed by atoms with Gasteiger partial charge in [0, 0.05) is 32.1 Å². The van der Waals surface area contributed by atoms with Crippen molar-refractivity contribution < 1.29 is 14.3 Å². The molecule has 0 saturated carbocycles. The maximum atomic E-state index is 12.2. The fraction of sp³-hybridized carbons (Fsp3) is 0.562. The lowest BCUT2D eigenvalue weighted by molar-refractivity contribution is -0.132. The van der Waals surface area contributed by atoms with E-state index in [1.165, 1.54) is 0 Å². The summed E-state index contributed by atoms with van der Waals surface area (Å²) in [7, 11) is 3.24. The van der Waals surface area contributed by atoms with Crippen molar-refractivity contribution in [2.45, 2.75) is 25.8 Å². The van der Waals surface area contributed by atoms with Crippen molar-refractivity contribution >= 4 is 5.91 Å². The zero-order valence-corrected chi connectivity index (χ0v) is 13.0. The van der Waals surface area contributed by atoms with Crippen LogP contribution < -0.4 is 14.8 Å². The maximum Gasteiger partial charge on any atom is 0.222 e. The Morgan fingerprint density at radius 3 is 2.76 bits per heavy atom. The second kappa shape index (κ2) is 7.31. The standard InChI is InChI=1S/C16H24N2O3/c1-12-11-18(9-8-17-12)16(19)7-5-13-4-6-14(20-2)15(10-13)21-3/h4,6,10,12,17H,5,7-9,11H2,1-3H3. The number of ether oxygens (including phenoxy) is 2. The molecular formula is C16H24N2O3. The third kappa shape index (κ3) is 4.11. The molecule has 5 heteroatoms. The van der Waals surface area contributed by atoms with Gasteiger partial charge in [-0.1, -0.05) is 6.07 Å². The molecule has 1 amide bonds.